The van der Waals surface area contributed by atoms with E-state index in [1.54, 1.807) is 0 Å². The molecule has 216 valence electrons. The summed E-state index contributed by atoms with van der Waals surface area (Å²) in [6.45, 7) is 18.7. The van der Waals surface area contributed by atoms with E-state index < -0.39 is 0 Å². The number of hydrogen-bond acceptors (Lipinski definition) is 4. The molecule has 1 aliphatic rings. The van der Waals surface area contributed by atoms with Gasteiger partial charge < -0.3 is 14.7 Å². The molecule has 0 amide bonds. The SMILES string of the molecule is Br.CCCC1CC(Cc2ccc(OC(C)C)cc2)C(=N)N1CC(=O)c1cc(C(C)(C)C)c(O)c(C(C)(C)C)c1. The molecule has 39 heavy (non-hydrogen) atoms. The minimum atomic E-state index is -0.299. The summed E-state index contributed by atoms with van der Waals surface area (Å²) < 4.78 is 5.77. The average Bonchev–Trinajstić information content (AvgIpc) is 3.07. The fourth-order valence-electron chi connectivity index (χ4n) is 5.45. The number of ketones is 1. The molecule has 3 rings (SSSR count). The van der Waals surface area contributed by atoms with Gasteiger partial charge in [0.2, 0.25) is 0 Å². The second-order valence-electron chi connectivity index (χ2n) is 13.2. The van der Waals surface area contributed by atoms with Crippen molar-refractivity contribution in [1.82, 2.24) is 4.90 Å². The fourth-order valence-corrected chi connectivity index (χ4v) is 5.45. The zero-order valence-corrected chi connectivity index (χ0v) is 27.1. The normalized spacial score (nSPS) is 17.9. The topological polar surface area (TPSA) is 73.6 Å². The number of halogens is 1. The van der Waals surface area contributed by atoms with E-state index in [0.717, 1.165) is 42.6 Å². The van der Waals surface area contributed by atoms with Gasteiger partial charge in [0.1, 0.15) is 11.5 Å². The molecule has 2 unspecified atom stereocenters. The number of likely N-dealkylation sites (tertiary alicyclic amines) is 1. The highest BCUT2D eigenvalue weighted by Crippen LogP contribution is 2.40. The smallest absolute Gasteiger partial charge is 0.182 e. The molecular weight excluding hydrogens is 552 g/mol. The van der Waals surface area contributed by atoms with Crippen LogP contribution in [0.5, 0.6) is 11.5 Å². The van der Waals surface area contributed by atoms with Crippen LogP contribution in [0.4, 0.5) is 0 Å². The third-order valence-corrected chi connectivity index (χ3v) is 7.45. The van der Waals surface area contributed by atoms with E-state index in [-0.39, 0.29) is 64.0 Å². The number of ether oxygens (including phenoxy) is 1. The van der Waals surface area contributed by atoms with E-state index in [1.165, 1.54) is 5.56 Å². The van der Waals surface area contributed by atoms with Crippen molar-refractivity contribution < 1.29 is 14.6 Å². The quantitative estimate of drug-likeness (QED) is 0.284. The van der Waals surface area contributed by atoms with Gasteiger partial charge in [-0.15, -0.1) is 17.0 Å². The van der Waals surface area contributed by atoms with Crippen molar-refractivity contribution >= 4 is 28.6 Å². The van der Waals surface area contributed by atoms with Gasteiger partial charge in [0.05, 0.1) is 18.5 Å². The lowest BCUT2D eigenvalue weighted by atomic mass is 9.78. The van der Waals surface area contributed by atoms with Crippen LogP contribution < -0.4 is 4.74 Å². The van der Waals surface area contributed by atoms with Crippen LogP contribution in [0.25, 0.3) is 0 Å². The number of nitrogens with zero attached hydrogens (tertiary/aromatic N) is 1. The van der Waals surface area contributed by atoms with Crippen LogP contribution in [0.15, 0.2) is 36.4 Å². The fraction of sp³-hybridized carbons (Fsp3) is 0.576. The van der Waals surface area contributed by atoms with Gasteiger partial charge in [0.15, 0.2) is 5.78 Å². The second-order valence-corrected chi connectivity index (χ2v) is 13.2. The van der Waals surface area contributed by atoms with Crippen LogP contribution in [0, 0.1) is 11.3 Å². The highest BCUT2D eigenvalue weighted by atomic mass is 79.9. The number of nitrogens with one attached hydrogen (secondary N) is 1. The molecule has 2 atom stereocenters. The number of phenols is 1. The third kappa shape index (κ3) is 8.09. The summed E-state index contributed by atoms with van der Waals surface area (Å²) in [5.41, 5.74) is 2.78. The van der Waals surface area contributed by atoms with Gasteiger partial charge in [-0.1, -0.05) is 67.0 Å². The Balaban J connectivity index is 0.00000533. The Morgan fingerprint density at radius 3 is 2.05 bits per heavy atom. The Morgan fingerprint density at radius 2 is 1.59 bits per heavy atom. The van der Waals surface area contributed by atoms with E-state index in [0.29, 0.717) is 11.4 Å². The maximum absolute atomic E-state index is 13.7. The predicted molar refractivity (Wildman–Crippen MR) is 167 cm³/mol. The minimum absolute atomic E-state index is 0. The highest BCUT2D eigenvalue weighted by molar-refractivity contribution is 8.93. The van der Waals surface area contributed by atoms with Crippen molar-refractivity contribution in [3.05, 3.63) is 58.7 Å². The summed E-state index contributed by atoms with van der Waals surface area (Å²) in [4.78, 5) is 15.8. The number of carbonyl (C=O) groups excluding carboxylic acids is 1. The van der Waals surface area contributed by atoms with Crippen LogP contribution in [0.3, 0.4) is 0 Å². The van der Waals surface area contributed by atoms with E-state index in [9.17, 15) is 9.90 Å². The van der Waals surface area contributed by atoms with E-state index in [4.69, 9.17) is 10.1 Å². The molecule has 0 aliphatic carbocycles. The molecule has 2 aromatic carbocycles. The second kappa shape index (κ2) is 12.9. The van der Waals surface area contributed by atoms with Crippen molar-refractivity contribution in [3.8, 4) is 11.5 Å². The van der Waals surface area contributed by atoms with E-state index >= 15 is 0 Å². The number of phenolic OH excluding ortho intramolecular Hbond substituents is 1. The van der Waals surface area contributed by atoms with Crippen LogP contribution in [0.1, 0.15) is 109 Å². The van der Waals surface area contributed by atoms with Crippen molar-refractivity contribution in [3.63, 3.8) is 0 Å². The highest BCUT2D eigenvalue weighted by Gasteiger charge is 2.37. The van der Waals surface area contributed by atoms with Crippen LogP contribution in [-0.2, 0) is 17.3 Å². The number of rotatable bonds is 9. The first kappa shape index (κ1) is 32.9. The summed E-state index contributed by atoms with van der Waals surface area (Å²) >= 11 is 0. The lowest BCUT2D eigenvalue weighted by molar-refractivity contribution is 0.0950. The molecule has 1 heterocycles. The van der Waals surface area contributed by atoms with Gasteiger partial charge in [0, 0.05) is 28.7 Å². The molecule has 1 saturated heterocycles. The van der Waals surface area contributed by atoms with Gasteiger partial charge in [0.25, 0.3) is 0 Å². The number of amidine groups is 1. The van der Waals surface area contributed by atoms with E-state index in [2.05, 4.69) is 60.6 Å². The van der Waals surface area contributed by atoms with Gasteiger partial charge in [-0.05, 0) is 73.8 Å². The lowest BCUT2D eigenvalue weighted by Crippen LogP contribution is -2.38. The van der Waals surface area contributed by atoms with Gasteiger partial charge >= 0.3 is 0 Å². The molecule has 5 nitrogen and oxygen atoms in total. The van der Waals surface area contributed by atoms with Crippen LogP contribution >= 0.6 is 17.0 Å². The summed E-state index contributed by atoms with van der Waals surface area (Å²) in [7, 11) is 0. The van der Waals surface area contributed by atoms with E-state index in [1.807, 2.05) is 43.0 Å². The summed E-state index contributed by atoms with van der Waals surface area (Å²) in [5.74, 6) is 1.79. The van der Waals surface area contributed by atoms with Crippen molar-refractivity contribution in [1.29, 1.82) is 5.41 Å². The molecular formula is C33H49BrN2O3. The average molecular weight is 602 g/mol. The van der Waals surface area contributed by atoms with Gasteiger partial charge in [-0.3, -0.25) is 10.2 Å². The first-order chi connectivity index (χ1) is 17.6. The van der Waals surface area contributed by atoms with Crippen LogP contribution in [0.2, 0.25) is 0 Å². The number of carbonyl (C=O) groups is 1. The molecule has 2 aromatic rings. The van der Waals surface area contributed by atoms with Crippen molar-refractivity contribution in [2.75, 3.05) is 6.54 Å². The van der Waals surface area contributed by atoms with Gasteiger partial charge in [-0.2, -0.15) is 0 Å². The van der Waals surface area contributed by atoms with Crippen molar-refractivity contribution in [2.24, 2.45) is 5.92 Å². The zero-order valence-electron chi connectivity index (χ0n) is 25.4. The number of benzene rings is 2. The minimum Gasteiger partial charge on any atom is -0.507 e. The molecule has 0 aromatic heterocycles. The number of aromatic hydroxyl groups is 1. The standard InChI is InChI=1S/C33H48N2O3.BrH/c1-10-11-25-17-24(16-22-12-14-26(15-13-22)38-21(2)3)31(34)35(25)20-29(36)23-18-27(32(4,5)6)30(37)28(19-23)33(7,8)9;/h12-15,18-19,21,24-25,34,37H,10-11,16-17,20H2,1-9H3;1H. The zero-order chi connectivity index (χ0) is 28.4. The summed E-state index contributed by atoms with van der Waals surface area (Å²) in [5, 5.41) is 20.1. The first-order valence-corrected chi connectivity index (χ1v) is 14.1. The molecule has 0 bridgehead atoms. The maximum atomic E-state index is 13.7. The molecule has 1 fully saturated rings. The van der Waals surface area contributed by atoms with Crippen molar-refractivity contribution in [2.45, 2.75) is 111 Å². The number of Topliss-reactive ketones (excluding diaryl/α,β-unsaturated/α-hetero) is 1. The Kier molecular flexibility index (Phi) is 10.9. The van der Waals surface area contributed by atoms with Crippen LogP contribution in [-0.4, -0.2) is 40.3 Å². The molecule has 0 saturated carbocycles. The Bertz CT molecular complexity index is 1110. The summed E-state index contributed by atoms with van der Waals surface area (Å²) in [6.07, 6.45) is 3.78. The first-order valence-electron chi connectivity index (χ1n) is 14.1. The predicted octanol–water partition coefficient (Wildman–Crippen LogP) is 8.25. The lowest BCUT2D eigenvalue weighted by Gasteiger charge is -2.29. The molecule has 6 heteroatoms. The molecule has 1 aliphatic heterocycles. The van der Waals surface area contributed by atoms with Gasteiger partial charge in [-0.25, -0.2) is 0 Å². The Morgan fingerprint density at radius 1 is 1.05 bits per heavy atom. The largest absolute Gasteiger partial charge is 0.507 e. The monoisotopic (exact) mass is 600 g/mol. The third-order valence-electron chi connectivity index (χ3n) is 7.45. The number of hydrogen-bond donors (Lipinski definition) is 2. The molecule has 2 N–H and O–H groups in total. The maximum Gasteiger partial charge on any atom is 0.182 e. The summed E-state index contributed by atoms with van der Waals surface area (Å²) in [6, 6.07) is 12.1. The Hall–Kier alpha value is -2.34. The molecule has 0 radical (unpaired) electrons. The Labute approximate surface area is 246 Å². The molecule has 0 spiro atoms.